The third-order valence-corrected chi connectivity index (χ3v) is 1.77. The van der Waals surface area contributed by atoms with Gasteiger partial charge >= 0.3 is 0 Å². The van der Waals surface area contributed by atoms with Crippen LogP contribution in [-0.2, 0) is 0 Å². The van der Waals surface area contributed by atoms with Crippen LogP contribution in [0.3, 0.4) is 0 Å². The summed E-state index contributed by atoms with van der Waals surface area (Å²) < 4.78 is 0. The lowest BCUT2D eigenvalue weighted by atomic mass is 9.92. The molecule has 0 aromatic heterocycles. The zero-order valence-electron chi connectivity index (χ0n) is 10.1. The van der Waals surface area contributed by atoms with Crippen molar-refractivity contribution in [1.82, 2.24) is 0 Å². The first kappa shape index (κ1) is 12.5. The summed E-state index contributed by atoms with van der Waals surface area (Å²) in [6.07, 6.45) is 7.05. The van der Waals surface area contributed by atoms with E-state index in [1.807, 2.05) is 0 Å². The molecule has 0 saturated heterocycles. The van der Waals surface area contributed by atoms with E-state index >= 15 is 0 Å². The van der Waals surface area contributed by atoms with Crippen molar-refractivity contribution in [3.63, 3.8) is 0 Å². The molecule has 13 heavy (non-hydrogen) atoms. The summed E-state index contributed by atoms with van der Waals surface area (Å²) in [7, 11) is 0. The summed E-state index contributed by atoms with van der Waals surface area (Å²) in [6.45, 7) is 13.3. The van der Waals surface area contributed by atoms with Crippen LogP contribution in [0.25, 0.3) is 0 Å². The molecule has 0 saturated carbocycles. The third-order valence-electron chi connectivity index (χ3n) is 1.77. The normalized spacial score (nSPS) is 12.9. The van der Waals surface area contributed by atoms with Crippen LogP contribution in [0.4, 0.5) is 0 Å². The second kappa shape index (κ2) is 5.26. The van der Waals surface area contributed by atoms with E-state index in [1.54, 1.807) is 0 Å². The second-order valence-corrected chi connectivity index (χ2v) is 5.18. The Morgan fingerprint density at radius 3 is 2.00 bits per heavy atom. The Morgan fingerprint density at radius 1 is 1.08 bits per heavy atom. The maximum Gasteiger partial charge on any atom is -0.0201 e. The highest BCUT2D eigenvalue weighted by molar-refractivity contribution is 5.06. The predicted molar refractivity (Wildman–Crippen MR) is 61.9 cm³/mol. The molecular formula is C13H24. The molecule has 0 heterocycles. The Morgan fingerprint density at radius 2 is 1.62 bits per heavy atom. The van der Waals surface area contributed by atoms with E-state index in [9.17, 15) is 0 Å². The minimum absolute atomic E-state index is 0.328. The number of rotatable bonds is 3. The molecule has 0 spiro atoms. The van der Waals surface area contributed by atoms with Crippen LogP contribution in [-0.4, -0.2) is 0 Å². The summed E-state index contributed by atoms with van der Waals surface area (Å²) in [4.78, 5) is 0. The molecule has 0 amide bonds. The Kier molecular flexibility index (Phi) is 5.05. The molecule has 0 aromatic rings. The van der Waals surface area contributed by atoms with Crippen molar-refractivity contribution in [2.75, 3.05) is 0 Å². The molecule has 76 valence electrons. The van der Waals surface area contributed by atoms with Crippen molar-refractivity contribution >= 4 is 0 Å². The van der Waals surface area contributed by atoms with E-state index in [-0.39, 0.29) is 0 Å². The molecule has 0 bridgehead atoms. The van der Waals surface area contributed by atoms with Gasteiger partial charge in [-0.3, -0.25) is 0 Å². The van der Waals surface area contributed by atoms with Gasteiger partial charge in [-0.25, -0.2) is 0 Å². The van der Waals surface area contributed by atoms with E-state index < -0.39 is 0 Å². The highest BCUT2D eigenvalue weighted by atomic mass is 14.1. The van der Waals surface area contributed by atoms with Crippen molar-refractivity contribution in [3.05, 3.63) is 23.3 Å². The summed E-state index contributed by atoms with van der Waals surface area (Å²) in [5.74, 6) is 0. The van der Waals surface area contributed by atoms with Gasteiger partial charge in [-0.05, 0) is 39.0 Å². The quantitative estimate of drug-likeness (QED) is 0.551. The van der Waals surface area contributed by atoms with E-state index in [0.717, 1.165) is 0 Å². The van der Waals surface area contributed by atoms with Crippen LogP contribution in [0.5, 0.6) is 0 Å². The first-order valence-corrected chi connectivity index (χ1v) is 5.13. The molecule has 0 aliphatic rings. The fraction of sp³-hybridized carbons (Fsp3) is 0.692. The van der Waals surface area contributed by atoms with Crippen molar-refractivity contribution in [3.8, 4) is 0 Å². The van der Waals surface area contributed by atoms with Crippen molar-refractivity contribution < 1.29 is 0 Å². The standard InChI is InChI=1S/C13H24/c1-11(2)8-7-9-12(3)10-13(4,5)6/h8,10H,7,9H2,1-6H3. The van der Waals surface area contributed by atoms with E-state index in [0.29, 0.717) is 5.41 Å². The maximum atomic E-state index is 2.37. The molecule has 0 fully saturated rings. The zero-order chi connectivity index (χ0) is 10.5. The minimum Gasteiger partial charge on any atom is -0.0856 e. The lowest BCUT2D eigenvalue weighted by Crippen LogP contribution is -2.00. The molecular weight excluding hydrogens is 156 g/mol. The minimum atomic E-state index is 0.328. The summed E-state index contributed by atoms with van der Waals surface area (Å²) in [5, 5.41) is 0. The summed E-state index contributed by atoms with van der Waals surface area (Å²) in [5.41, 5.74) is 3.25. The van der Waals surface area contributed by atoms with E-state index in [4.69, 9.17) is 0 Å². The van der Waals surface area contributed by atoms with Crippen molar-refractivity contribution in [2.45, 2.75) is 54.4 Å². The van der Waals surface area contributed by atoms with Gasteiger partial charge in [-0.1, -0.05) is 44.1 Å². The van der Waals surface area contributed by atoms with Gasteiger partial charge in [-0.2, -0.15) is 0 Å². The topological polar surface area (TPSA) is 0 Å². The fourth-order valence-corrected chi connectivity index (χ4v) is 1.40. The number of hydrogen-bond acceptors (Lipinski definition) is 0. The maximum absolute atomic E-state index is 2.37. The average molecular weight is 180 g/mol. The molecule has 0 atom stereocenters. The van der Waals surface area contributed by atoms with Gasteiger partial charge in [-0.15, -0.1) is 0 Å². The molecule has 0 rings (SSSR count). The predicted octanol–water partition coefficient (Wildman–Crippen LogP) is 4.73. The average Bonchev–Trinajstić information content (AvgIpc) is 1.81. The Labute approximate surface area is 83.7 Å². The fourth-order valence-electron chi connectivity index (χ4n) is 1.40. The monoisotopic (exact) mass is 180 g/mol. The van der Waals surface area contributed by atoms with Crippen LogP contribution in [0, 0.1) is 5.41 Å². The molecule has 0 aliphatic heterocycles. The second-order valence-electron chi connectivity index (χ2n) is 5.18. The van der Waals surface area contributed by atoms with Crippen LogP contribution in [0.15, 0.2) is 23.3 Å². The van der Waals surface area contributed by atoms with Crippen LogP contribution < -0.4 is 0 Å². The molecule has 0 unspecified atom stereocenters. The van der Waals surface area contributed by atoms with Gasteiger partial charge in [0.1, 0.15) is 0 Å². The first-order valence-electron chi connectivity index (χ1n) is 5.13. The van der Waals surface area contributed by atoms with Gasteiger partial charge in [0.25, 0.3) is 0 Å². The molecule has 0 nitrogen and oxygen atoms in total. The van der Waals surface area contributed by atoms with E-state index in [2.05, 4.69) is 53.7 Å². The van der Waals surface area contributed by atoms with Gasteiger partial charge in [0, 0.05) is 0 Å². The van der Waals surface area contributed by atoms with Crippen LogP contribution in [0.2, 0.25) is 0 Å². The summed E-state index contributed by atoms with van der Waals surface area (Å²) in [6, 6.07) is 0. The van der Waals surface area contributed by atoms with Crippen LogP contribution in [0.1, 0.15) is 54.4 Å². The molecule has 0 radical (unpaired) electrons. The SMILES string of the molecule is CC(C)=CCCC(C)=CC(C)(C)C. The first-order chi connectivity index (χ1) is 5.81. The number of hydrogen-bond donors (Lipinski definition) is 0. The lowest BCUT2D eigenvalue weighted by Gasteiger charge is -2.13. The Balaban J connectivity index is 3.95. The largest absolute Gasteiger partial charge is 0.0856 e. The highest BCUT2D eigenvalue weighted by Crippen LogP contribution is 2.19. The Hall–Kier alpha value is -0.520. The zero-order valence-corrected chi connectivity index (χ0v) is 10.1. The van der Waals surface area contributed by atoms with Gasteiger partial charge < -0.3 is 0 Å². The van der Waals surface area contributed by atoms with Gasteiger partial charge in [0.2, 0.25) is 0 Å². The Bertz CT molecular complexity index is 195. The third kappa shape index (κ3) is 9.39. The van der Waals surface area contributed by atoms with Crippen molar-refractivity contribution in [1.29, 1.82) is 0 Å². The summed E-state index contributed by atoms with van der Waals surface area (Å²) >= 11 is 0. The van der Waals surface area contributed by atoms with E-state index in [1.165, 1.54) is 24.0 Å². The van der Waals surface area contributed by atoms with Crippen LogP contribution >= 0.6 is 0 Å². The molecule has 0 heteroatoms. The molecule has 0 aliphatic carbocycles. The van der Waals surface area contributed by atoms with Gasteiger partial charge in [0.15, 0.2) is 0 Å². The highest BCUT2D eigenvalue weighted by Gasteiger charge is 2.05. The number of allylic oxidation sites excluding steroid dienone is 4. The lowest BCUT2D eigenvalue weighted by molar-refractivity contribution is 0.537. The van der Waals surface area contributed by atoms with Crippen molar-refractivity contribution in [2.24, 2.45) is 5.41 Å². The smallest absolute Gasteiger partial charge is 0.0201 e. The molecule has 0 N–H and O–H groups in total. The molecule has 0 aromatic carbocycles. The van der Waals surface area contributed by atoms with Gasteiger partial charge in [0.05, 0.1) is 0 Å².